The SMILES string of the molecule is CCCOc1cccnc1N1CCC(Cl)C1. The molecule has 1 aromatic heterocycles. The number of anilines is 1. The summed E-state index contributed by atoms with van der Waals surface area (Å²) in [7, 11) is 0. The van der Waals surface area contributed by atoms with Gasteiger partial charge in [-0.15, -0.1) is 11.6 Å². The molecule has 1 atom stereocenters. The second kappa shape index (κ2) is 5.39. The Hall–Kier alpha value is -0.960. The van der Waals surface area contributed by atoms with E-state index < -0.39 is 0 Å². The second-order valence-electron chi connectivity index (χ2n) is 4.01. The smallest absolute Gasteiger partial charge is 0.171 e. The molecule has 1 aliphatic rings. The van der Waals surface area contributed by atoms with Crippen LogP contribution in [0.1, 0.15) is 19.8 Å². The van der Waals surface area contributed by atoms with Crippen molar-refractivity contribution < 1.29 is 4.74 Å². The Labute approximate surface area is 101 Å². The molecule has 16 heavy (non-hydrogen) atoms. The van der Waals surface area contributed by atoms with Gasteiger partial charge in [-0.3, -0.25) is 0 Å². The molecular weight excluding hydrogens is 224 g/mol. The van der Waals surface area contributed by atoms with Crippen molar-refractivity contribution in [3.8, 4) is 5.75 Å². The summed E-state index contributed by atoms with van der Waals surface area (Å²) in [5.74, 6) is 1.80. The maximum Gasteiger partial charge on any atom is 0.171 e. The summed E-state index contributed by atoms with van der Waals surface area (Å²) in [6.45, 7) is 4.66. The Kier molecular flexibility index (Phi) is 3.88. The van der Waals surface area contributed by atoms with Gasteiger partial charge in [0.2, 0.25) is 0 Å². The molecule has 0 bridgehead atoms. The van der Waals surface area contributed by atoms with Gasteiger partial charge < -0.3 is 9.64 Å². The molecule has 0 amide bonds. The lowest BCUT2D eigenvalue weighted by molar-refractivity contribution is 0.316. The summed E-state index contributed by atoms with van der Waals surface area (Å²) >= 11 is 6.10. The molecule has 3 nitrogen and oxygen atoms in total. The van der Waals surface area contributed by atoms with Gasteiger partial charge in [-0.05, 0) is 25.0 Å². The summed E-state index contributed by atoms with van der Waals surface area (Å²) in [5, 5.41) is 0.237. The standard InChI is InChI=1S/C12H17ClN2O/c1-2-8-16-11-4-3-6-14-12(11)15-7-5-10(13)9-15/h3-4,6,10H,2,5,7-9H2,1H3. The zero-order chi connectivity index (χ0) is 11.4. The number of hydrogen-bond acceptors (Lipinski definition) is 3. The van der Waals surface area contributed by atoms with Crippen molar-refractivity contribution in [1.29, 1.82) is 0 Å². The maximum absolute atomic E-state index is 6.10. The minimum Gasteiger partial charge on any atom is -0.490 e. The van der Waals surface area contributed by atoms with Crippen molar-refractivity contribution in [2.24, 2.45) is 0 Å². The molecule has 1 fully saturated rings. The molecular formula is C12H17ClN2O. The average Bonchev–Trinajstić information content (AvgIpc) is 2.73. The molecule has 1 unspecified atom stereocenters. The molecule has 0 spiro atoms. The van der Waals surface area contributed by atoms with Gasteiger partial charge in [0.1, 0.15) is 0 Å². The van der Waals surface area contributed by atoms with Gasteiger partial charge in [-0.25, -0.2) is 4.98 Å². The highest BCUT2D eigenvalue weighted by molar-refractivity contribution is 6.21. The highest BCUT2D eigenvalue weighted by Gasteiger charge is 2.23. The molecule has 1 aliphatic heterocycles. The van der Waals surface area contributed by atoms with E-state index in [0.29, 0.717) is 0 Å². The Morgan fingerprint density at radius 2 is 2.50 bits per heavy atom. The molecule has 2 rings (SSSR count). The first-order valence-corrected chi connectivity index (χ1v) is 6.21. The van der Waals surface area contributed by atoms with E-state index in [1.807, 2.05) is 12.1 Å². The predicted octanol–water partition coefficient (Wildman–Crippen LogP) is 2.69. The molecule has 4 heteroatoms. The van der Waals surface area contributed by atoms with E-state index in [-0.39, 0.29) is 5.38 Å². The number of ether oxygens (including phenoxy) is 1. The lowest BCUT2D eigenvalue weighted by Crippen LogP contribution is -2.21. The minimum absolute atomic E-state index is 0.237. The van der Waals surface area contributed by atoms with Crippen LogP contribution in [0.3, 0.4) is 0 Å². The summed E-state index contributed by atoms with van der Waals surface area (Å²) in [6.07, 6.45) is 3.83. The van der Waals surface area contributed by atoms with Crippen LogP contribution in [0.4, 0.5) is 5.82 Å². The monoisotopic (exact) mass is 240 g/mol. The Balaban J connectivity index is 2.12. The lowest BCUT2D eigenvalue weighted by atomic mass is 10.4. The van der Waals surface area contributed by atoms with Crippen molar-refractivity contribution in [2.45, 2.75) is 25.1 Å². The summed E-state index contributed by atoms with van der Waals surface area (Å²) in [6, 6.07) is 3.88. The number of halogens is 1. The third-order valence-electron chi connectivity index (χ3n) is 2.64. The highest BCUT2D eigenvalue weighted by atomic mass is 35.5. The number of alkyl halides is 1. The van der Waals surface area contributed by atoms with Crippen molar-refractivity contribution in [3.05, 3.63) is 18.3 Å². The van der Waals surface area contributed by atoms with Gasteiger partial charge in [-0.1, -0.05) is 6.92 Å². The van der Waals surface area contributed by atoms with E-state index in [4.69, 9.17) is 16.3 Å². The highest BCUT2D eigenvalue weighted by Crippen LogP contribution is 2.29. The Morgan fingerprint density at radius 1 is 1.62 bits per heavy atom. The fourth-order valence-electron chi connectivity index (χ4n) is 1.85. The van der Waals surface area contributed by atoms with Gasteiger partial charge >= 0.3 is 0 Å². The van der Waals surface area contributed by atoms with E-state index in [2.05, 4.69) is 16.8 Å². The van der Waals surface area contributed by atoms with Crippen LogP contribution in [-0.2, 0) is 0 Å². The quantitative estimate of drug-likeness (QED) is 0.757. The summed E-state index contributed by atoms with van der Waals surface area (Å²) in [4.78, 5) is 6.59. The van der Waals surface area contributed by atoms with E-state index in [9.17, 15) is 0 Å². The Bertz CT molecular complexity index is 346. The van der Waals surface area contributed by atoms with Crippen molar-refractivity contribution in [3.63, 3.8) is 0 Å². The number of hydrogen-bond donors (Lipinski definition) is 0. The number of nitrogens with zero attached hydrogens (tertiary/aromatic N) is 2. The fraction of sp³-hybridized carbons (Fsp3) is 0.583. The molecule has 2 heterocycles. The number of aromatic nitrogens is 1. The van der Waals surface area contributed by atoms with Gasteiger partial charge in [0.25, 0.3) is 0 Å². The van der Waals surface area contributed by atoms with Gasteiger partial charge in [0.15, 0.2) is 11.6 Å². The van der Waals surface area contributed by atoms with Crippen LogP contribution in [0.5, 0.6) is 5.75 Å². The summed E-state index contributed by atoms with van der Waals surface area (Å²) in [5.41, 5.74) is 0. The largest absolute Gasteiger partial charge is 0.490 e. The van der Waals surface area contributed by atoms with E-state index in [1.54, 1.807) is 6.20 Å². The summed E-state index contributed by atoms with van der Waals surface area (Å²) < 4.78 is 5.69. The number of pyridine rings is 1. The van der Waals surface area contributed by atoms with Crippen LogP contribution in [0.2, 0.25) is 0 Å². The zero-order valence-electron chi connectivity index (χ0n) is 9.53. The topological polar surface area (TPSA) is 25.4 Å². The molecule has 1 saturated heterocycles. The van der Waals surface area contributed by atoms with Crippen molar-refractivity contribution in [1.82, 2.24) is 4.98 Å². The van der Waals surface area contributed by atoms with Crippen molar-refractivity contribution in [2.75, 3.05) is 24.6 Å². The fourth-order valence-corrected chi connectivity index (χ4v) is 2.12. The van der Waals surface area contributed by atoms with Crippen molar-refractivity contribution >= 4 is 17.4 Å². The molecule has 0 saturated carbocycles. The van der Waals surface area contributed by atoms with E-state index in [0.717, 1.165) is 44.1 Å². The van der Waals surface area contributed by atoms with Gasteiger partial charge in [0, 0.05) is 19.3 Å². The van der Waals surface area contributed by atoms with Crippen LogP contribution in [0, 0.1) is 0 Å². The molecule has 0 aliphatic carbocycles. The third kappa shape index (κ3) is 2.59. The first kappa shape index (κ1) is 11.5. The first-order chi connectivity index (χ1) is 7.81. The normalized spacial score (nSPS) is 20.1. The van der Waals surface area contributed by atoms with E-state index >= 15 is 0 Å². The molecule has 88 valence electrons. The van der Waals surface area contributed by atoms with E-state index in [1.165, 1.54) is 0 Å². The average molecular weight is 241 g/mol. The molecule has 1 aromatic rings. The predicted molar refractivity (Wildman–Crippen MR) is 66.5 cm³/mol. The van der Waals surface area contributed by atoms with Crippen LogP contribution in [0.25, 0.3) is 0 Å². The maximum atomic E-state index is 6.10. The van der Waals surface area contributed by atoms with Crippen LogP contribution >= 0.6 is 11.6 Å². The Morgan fingerprint density at radius 3 is 3.19 bits per heavy atom. The van der Waals surface area contributed by atoms with Gasteiger partial charge in [0.05, 0.1) is 12.0 Å². The lowest BCUT2D eigenvalue weighted by Gasteiger charge is -2.19. The van der Waals surface area contributed by atoms with Gasteiger partial charge in [-0.2, -0.15) is 0 Å². The molecule has 0 aromatic carbocycles. The number of rotatable bonds is 4. The van der Waals surface area contributed by atoms with Crippen LogP contribution < -0.4 is 9.64 Å². The third-order valence-corrected chi connectivity index (χ3v) is 3.00. The van der Waals surface area contributed by atoms with Crippen LogP contribution in [0.15, 0.2) is 18.3 Å². The minimum atomic E-state index is 0.237. The second-order valence-corrected chi connectivity index (χ2v) is 4.62. The zero-order valence-corrected chi connectivity index (χ0v) is 10.3. The molecule has 0 radical (unpaired) electrons. The molecule has 0 N–H and O–H groups in total. The first-order valence-electron chi connectivity index (χ1n) is 5.78. The van der Waals surface area contributed by atoms with Crippen LogP contribution in [-0.4, -0.2) is 30.1 Å².